The summed E-state index contributed by atoms with van der Waals surface area (Å²) < 4.78 is 0. The minimum atomic E-state index is -0.745. The Morgan fingerprint density at radius 1 is 1.26 bits per heavy atom. The van der Waals surface area contributed by atoms with Gasteiger partial charge in [-0.05, 0) is 36.4 Å². The van der Waals surface area contributed by atoms with Gasteiger partial charge in [0.2, 0.25) is 0 Å². The van der Waals surface area contributed by atoms with Crippen LogP contribution in [0.3, 0.4) is 0 Å². The lowest BCUT2D eigenvalue weighted by Gasteiger charge is -2.11. The lowest BCUT2D eigenvalue weighted by atomic mass is 9.97. The molecule has 0 saturated heterocycles. The number of rotatable bonds is 8. The third-order valence-electron chi connectivity index (χ3n) is 3.62. The van der Waals surface area contributed by atoms with Crippen LogP contribution in [0.15, 0.2) is 24.3 Å². The van der Waals surface area contributed by atoms with Gasteiger partial charge in [-0.3, -0.25) is 4.79 Å². The van der Waals surface area contributed by atoms with Crippen LogP contribution in [0.4, 0.5) is 0 Å². The van der Waals surface area contributed by atoms with E-state index >= 15 is 0 Å². The fourth-order valence-corrected chi connectivity index (χ4v) is 1.89. The number of aliphatic carboxylic acids is 1. The highest BCUT2D eigenvalue weighted by Crippen LogP contribution is 2.18. The summed E-state index contributed by atoms with van der Waals surface area (Å²) in [6.45, 7) is 7.51. The zero-order valence-corrected chi connectivity index (χ0v) is 12.1. The van der Waals surface area contributed by atoms with Crippen molar-refractivity contribution < 1.29 is 9.90 Å². The number of hydrogen-bond acceptors (Lipinski definition) is 2. The van der Waals surface area contributed by atoms with E-state index in [0.29, 0.717) is 12.5 Å². The molecule has 2 N–H and O–H groups in total. The number of hydrogen-bond donors (Lipinski definition) is 2. The summed E-state index contributed by atoms with van der Waals surface area (Å²) in [6, 6.07) is 8.74. The van der Waals surface area contributed by atoms with E-state index in [0.717, 1.165) is 19.4 Å². The van der Waals surface area contributed by atoms with Crippen LogP contribution >= 0.6 is 0 Å². The summed E-state index contributed by atoms with van der Waals surface area (Å²) >= 11 is 0. The van der Waals surface area contributed by atoms with Crippen LogP contribution in [-0.2, 0) is 11.2 Å². The average Bonchev–Trinajstić information content (AvgIpc) is 2.43. The van der Waals surface area contributed by atoms with E-state index in [1.54, 1.807) is 6.92 Å². The van der Waals surface area contributed by atoms with Gasteiger partial charge >= 0.3 is 5.97 Å². The van der Waals surface area contributed by atoms with Gasteiger partial charge in [0.1, 0.15) is 0 Å². The van der Waals surface area contributed by atoms with Gasteiger partial charge in [-0.1, -0.05) is 45.0 Å². The van der Waals surface area contributed by atoms with Crippen molar-refractivity contribution in [2.24, 2.45) is 5.92 Å². The Morgan fingerprint density at radius 2 is 1.89 bits per heavy atom. The normalized spacial score (nSPS) is 14.1. The summed E-state index contributed by atoms with van der Waals surface area (Å²) in [5.74, 6) is -0.457. The summed E-state index contributed by atoms with van der Waals surface area (Å²) in [4.78, 5) is 10.7. The third-order valence-corrected chi connectivity index (χ3v) is 3.62. The molecule has 1 rings (SSSR count). The Labute approximate surface area is 116 Å². The minimum Gasteiger partial charge on any atom is -0.481 e. The molecule has 0 amide bonds. The van der Waals surface area contributed by atoms with Crippen LogP contribution in [0.2, 0.25) is 0 Å². The lowest BCUT2D eigenvalue weighted by molar-refractivity contribution is -0.140. The molecule has 2 atom stereocenters. The zero-order chi connectivity index (χ0) is 14.3. The smallest absolute Gasteiger partial charge is 0.307 e. The zero-order valence-electron chi connectivity index (χ0n) is 12.1. The highest BCUT2D eigenvalue weighted by molar-refractivity contribution is 5.69. The monoisotopic (exact) mass is 263 g/mol. The van der Waals surface area contributed by atoms with Crippen molar-refractivity contribution in [1.29, 1.82) is 0 Å². The molecule has 0 saturated carbocycles. The van der Waals surface area contributed by atoms with Crippen molar-refractivity contribution in [3.8, 4) is 0 Å². The number of carbonyl (C=O) groups is 1. The second-order valence-electron chi connectivity index (χ2n) is 5.24. The van der Waals surface area contributed by atoms with E-state index in [4.69, 9.17) is 5.11 Å². The van der Waals surface area contributed by atoms with E-state index in [9.17, 15) is 4.79 Å². The van der Waals surface area contributed by atoms with Crippen LogP contribution in [0.1, 0.15) is 44.2 Å². The number of carboxylic acid groups (broad SMARTS) is 1. The van der Waals surface area contributed by atoms with E-state index in [1.807, 2.05) is 0 Å². The van der Waals surface area contributed by atoms with Gasteiger partial charge in [0.05, 0.1) is 5.92 Å². The molecule has 0 aromatic heterocycles. The van der Waals surface area contributed by atoms with Crippen molar-refractivity contribution in [3.05, 3.63) is 35.4 Å². The first-order valence-electron chi connectivity index (χ1n) is 7.07. The quantitative estimate of drug-likeness (QED) is 0.709. The first kappa shape index (κ1) is 15.7. The van der Waals surface area contributed by atoms with Gasteiger partial charge in [-0.25, -0.2) is 0 Å². The standard InChI is InChI=1S/C16H25NO2/c1-4-12(2)15-7-5-14(6-8-15)9-10-17-11-13(3)16(18)19/h5-8,12-13,17H,4,9-11H2,1-3H3,(H,18,19). The largest absolute Gasteiger partial charge is 0.481 e. The molecule has 0 aliphatic carbocycles. The van der Waals surface area contributed by atoms with Crippen LogP contribution in [-0.4, -0.2) is 24.2 Å². The molecule has 19 heavy (non-hydrogen) atoms. The van der Waals surface area contributed by atoms with Crippen LogP contribution in [0, 0.1) is 5.92 Å². The van der Waals surface area contributed by atoms with E-state index in [1.165, 1.54) is 11.1 Å². The summed E-state index contributed by atoms with van der Waals surface area (Å²) in [5, 5.41) is 11.9. The molecule has 0 aliphatic rings. The number of nitrogens with one attached hydrogen (secondary N) is 1. The molecule has 0 spiro atoms. The molecule has 0 bridgehead atoms. The maximum absolute atomic E-state index is 10.7. The first-order valence-corrected chi connectivity index (χ1v) is 7.07. The fraction of sp³-hybridized carbons (Fsp3) is 0.562. The Kier molecular flexibility index (Phi) is 6.57. The average molecular weight is 263 g/mol. The van der Waals surface area contributed by atoms with Gasteiger partial charge in [-0.15, -0.1) is 0 Å². The van der Waals surface area contributed by atoms with Gasteiger partial charge in [0.15, 0.2) is 0 Å². The topological polar surface area (TPSA) is 49.3 Å². The maximum atomic E-state index is 10.7. The van der Waals surface area contributed by atoms with Crippen molar-refractivity contribution in [1.82, 2.24) is 5.32 Å². The van der Waals surface area contributed by atoms with E-state index in [2.05, 4.69) is 43.4 Å². The molecule has 2 unspecified atom stereocenters. The Bertz CT molecular complexity index is 386. The number of carboxylic acids is 1. The molecule has 1 aromatic rings. The molecular formula is C16H25NO2. The van der Waals surface area contributed by atoms with Gasteiger partial charge in [0.25, 0.3) is 0 Å². The lowest BCUT2D eigenvalue weighted by Crippen LogP contribution is -2.27. The summed E-state index contributed by atoms with van der Waals surface area (Å²) in [5.41, 5.74) is 2.68. The van der Waals surface area contributed by atoms with Crippen molar-refractivity contribution in [2.45, 2.75) is 39.5 Å². The molecule has 3 nitrogen and oxygen atoms in total. The highest BCUT2D eigenvalue weighted by atomic mass is 16.4. The molecular weight excluding hydrogens is 238 g/mol. The summed E-state index contributed by atoms with van der Waals surface area (Å²) in [6.07, 6.45) is 2.10. The summed E-state index contributed by atoms with van der Waals surface area (Å²) in [7, 11) is 0. The van der Waals surface area contributed by atoms with Gasteiger partial charge < -0.3 is 10.4 Å². The first-order chi connectivity index (χ1) is 9.04. The molecule has 0 radical (unpaired) electrons. The predicted octanol–water partition coefficient (Wildman–Crippen LogP) is 3.05. The second kappa shape index (κ2) is 7.95. The van der Waals surface area contributed by atoms with Crippen molar-refractivity contribution >= 4 is 5.97 Å². The second-order valence-corrected chi connectivity index (χ2v) is 5.24. The molecule has 3 heteroatoms. The van der Waals surface area contributed by atoms with Crippen LogP contribution in [0.25, 0.3) is 0 Å². The van der Waals surface area contributed by atoms with Crippen molar-refractivity contribution in [3.63, 3.8) is 0 Å². The Morgan fingerprint density at radius 3 is 2.42 bits per heavy atom. The van der Waals surface area contributed by atoms with E-state index in [-0.39, 0.29) is 5.92 Å². The van der Waals surface area contributed by atoms with Gasteiger partial charge in [-0.2, -0.15) is 0 Å². The fourth-order valence-electron chi connectivity index (χ4n) is 1.89. The van der Waals surface area contributed by atoms with Crippen LogP contribution in [0.5, 0.6) is 0 Å². The Balaban J connectivity index is 2.32. The molecule has 0 heterocycles. The molecule has 0 aliphatic heterocycles. The minimum absolute atomic E-state index is 0.326. The highest BCUT2D eigenvalue weighted by Gasteiger charge is 2.09. The molecule has 1 aromatic carbocycles. The predicted molar refractivity (Wildman–Crippen MR) is 78.5 cm³/mol. The number of benzene rings is 1. The SMILES string of the molecule is CCC(C)c1ccc(CCNCC(C)C(=O)O)cc1. The Hall–Kier alpha value is -1.35. The van der Waals surface area contributed by atoms with E-state index < -0.39 is 5.97 Å². The van der Waals surface area contributed by atoms with Gasteiger partial charge in [0, 0.05) is 6.54 Å². The van der Waals surface area contributed by atoms with Crippen LogP contribution < -0.4 is 5.32 Å². The third kappa shape index (κ3) is 5.43. The van der Waals surface area contributed by atoms with Crippen molar-refractivity contribution in [2.75, 3.05) is 13.1 Å². The molecule has 106 valence electrons. The molecule has 0 fully saturated rings. The maximum Gasteiger partial charge on any atom is 0.307 e.